The molecule has 2 aromatic carbocycles. The van der Waals surface area contributed by atoms with E-state index in [0.29, 0.717) is 0 Å². The highest BCUT2D eigenvalue weighted by Gasteiger charge is 2.12. The molecular weight excluding hydrogens is 408 g/mol. The Hall–Kier alpha value is -2.00. The number of rotatable bonds is 15. The first kappa shape index (κ1) is 28.2. The zero-order valence-electron chi connectivity index (χ0n) is 22.7. The Balaban J connectivity index is 1.53. The molecule has 186 valence electrons. The SMILES string of the molecule is CCCCCCCCCCCCCCCCc1ccc(C#Cc2ccc(C(C)(C)C)cc2)cc1. The lowest BCUT2D eigenvalue weighted by Gasteiger charge is -2.18. The van der Waals surface area contributed by atoms with Gasteiger partial charge in [0.05, 0.1) is 0 Å². The van der Waals surface area contributed by atoms with Crippen molar-refractivity contribution in [2.75, 3.05) is 0 Å². The fourth-order valence-electron chi connectivity index (χ4n) is 4.48. The van der Waals surface area contributed by atoms with Gasteiger partial charge in [0.25, 0.3) is 0 Å². The average molecular weight is 459 g/mol. The van der Waals surface area contributed by atoms with Gasteiger partial charge in [-0.2, -0.15) is 0 Å². The maximum absolute atomic E-state index is 3.32. The van der Waals surface area contributed by atoms with Crippen LogP contribution in [-0.2, 0) is 11.8 Å². The summed E-state index contributed by atoms with van der Waals surface area (Å²) in [5, 5.41) is 0. The fraction of sp³-hybridized carbons (Fsp3) is 0.588. The molecule has 0 heterocycles. The largest absolute Gasteiger partial charge is 0.0654 e. The van der Waals surface area contributed by atoms with Gasteiger partial charge in [0.1, 0.15) is 0 Å². The van der Waals surface area contributed by atoms with Gasteiger partial charge in [-0.25, -0.2) is 0 Å². The van der Waals surface area contributed by atoms with Crippen molar-refractivity contribution < 1.29 is 0 Å². The Morgan fingerprint density at radius 1 is 0.500 bits per heavy atom. The highest BCUT2D eigenvalue weighted by molar-refractivity contribution is 5.44. The van der Waals surface area contributed by atoms with Crippen LogP contribution in [0, 0.1) is 11.8 Å². The summed E-state index contributed by atoms with van der Waals surface area (Å²) in [4.78, 5) is 0. The summed E-state index contributed by atoms with van der Waals surface area (Å²) >= 11 is 0. The molecule has 0 amide bonds. The van der Waals surface area contributed by atoms with Crippen molar-refractivity contribution in [3.8, 4) is 11.8 Å². The summed E-state index contributed by atoms with van der Waals surface area (Å²) < 4.78 is 0. The molecule has 0 nitrogen and oxygen atoms in total. The lowest BCUT2D eigenvalue weighted by molar-refractivity contribution is 0.535. The Morgan fingerprint density at radius 2 is 0.882 bits per heavy atom. The van der Waals surface area contributed by atoms with Crippen LogP contribution in [0.15, 0.2) is 48.5 Å². The summed E-state index contributed by atoms with van der Waals surface area (Å²) in [7, 11) is 0. The zero-order valence-corrected chi connectivity index (χ0v) is 22.7. The van der Waals surface area contributed by atoms with Crippen LogP contribution in [-0.4, -0.2) is 0 Å². The number of aryl methyl sites for hydroxylation is 1. The monoisotopic (exact) mass is 458 g/mol. The second-order valence-electron chi connectivity index (χ2n) is 11.1. The quantitative estimate of drug-likeness (QED) is 0.184. The zero-order chi connectivity index (χ0) is 24.5. The maximum atomic E-state index is 3.32. The summed E-state index contributed by atoms with van der Waals surface area (Å²) in [5.41, 5.74) is 5.17. The van der Waals surface area contributed by atoms with Crippen LogP contribution in [0.25, 0.3) is 0 Å². The van der Waals surface area contributed by atoms with Crippen LogP contribution in [0.3, 0.4) is 0 Å². The number of hydrogen-bond donors (Lipinski definition) is 0. The van der Waals surface area contributed by atoms with Crippen LogP contribution in [0.5, 0.6) is 0 Å². The molecule has 2 aromatic rings. The lowest BCUT2D eigenvalue weighted by Crippen LogP contribution is -2.10. The first-order chi connectivity index (χ1) is 16.5. The Kier molecular flexibility index (Phi) is 13.8. The van der Waals surface area contributed by atoms with E-state index < -0.39 is 0 Å². The average Bonchev–Trinajstić information content (AvgIpc) is 2.83. The third-order valence-corrected chi connectivity index (χ3v) is 6.88. The molecule has 0 atom stereocenters. The molecule has 0 aliphatic carbocycles. The van der Waals surface area contributed by atoms with Crippen molar-refractivity contribution >= 4 is 0 Å². The molecule has 2 rings (SSSR count). The summed E-state index contributed by atoms with van der Waals surface area (Å²) in [5.74, 6) is 6.62. The predicted molar refractivity (Wildman–Crippen MR) is 152 cm³/mol. The molecule has 0 saturated carbocycles. The van der Waals surface area contributed by atoms with E-state index in [0.717, 1.165) is 11.1 Å². The van der Waals surface area contributed by atoms with E-state index in [1.165, 1.54) is 107 Å². The molecule has 0 bridgehead atoms. The van der Waals surface area contributed by atoms with Crippen molar-refractivity contribution in [2.45, 2.75) is 129 Å². The molecule has 0 spiro atoms. The Labute approximate surface area is 212 Å². The first-order valence-electron chi connectivity index (χ1n) is 14.2. The van der Waals surface area contributed by atoms with Gasteiger partial charge in [0, 0.05) is 11.1 Å². The summed E-state index contributed by atoms with van der Waals surface area (Å²) in [6, 6.07) is 17.5. The van der Waals surface area contributed by atoms with Gasteiger partial charge in [-0.1, -0.05) is 147 Å². The minimum atomic E-state index is 0.189. The molecule has 0 fully saturated rings. The van der Waals surface area contributed by atoms with Gasteiger partial charge >= 0.3 is 0 Å². The molecule has 0 radical (unpaired) electrons. The topological polar surface area (TPSA) is 0 Å². The second-order valence-corrected chi connectivity index (χ2v) is 11.1. The lowest BCUT2D eigenvalue weighted by atomic mass is 9.87. The molecular formula is C34H50. The van der Waals surface area contributed by atoms with Gasteiger partial charge < -0.3 is 0 Å². The normalized spacial score (nSPS) is 11.3. The second kappa shape index (κ2) is 16.6. The third-order valence-electron chi connectivity index (χ3n) is 6.88. The number of benzene rings is 2. The van der Waals surface area contributed by atoms with E-state index in [1.54, 1.807) is 0 Å². The van der Waals surface area contributed by atoms with Gasteiger partial charge in [-0.15, -0.1) is 0 Å². The first-order valence-corrected chi connectivity index (χ1v) is 14.2. The maximum Gasteiger partial charge on any atom is 0.0249 e. The van der Waals surface area contributed by atoms with Crippen molar-refractivity contribution in [2.24, 2.45) is 0 Å². The summed E-state index contributed by atoms with van der Waals surface area (Å²) in [6.07, 6.45) is 21.1. The van der Waals surface area contributed by atoms with E-state index in [9.17, 15) is 0 Å². The minimum Gasteiger partial charge on any atom is -0.0654 e. The van der Waals surface area contributed by atoms with E-state index in [1.807, 2.05) is 0 Å². The molecule has 0 N–H and O–H groups in total. The van der Waals surface area contributed by atoms with Gasteiger partial charge in [0.15, 0.2) is 0 Å². The van der Waals surface area contributed by atoms with Crippen LogP contribution < -0.4 is 0 Å². The van der Waals surface area contributed by atoms with Crippen LogP contribution in [0.1, 0.15) is 140 Å². The molecule has 0 aromatic heterocycles. The minimum absolute atomic E-state index is 0.189. The Morgan fingerprint density at radius 3 is 1.29 bits per heavy atom. The molecule has 0 aliphatic rings. The van der Waals surface area contributed by atoms with Crippen LogP contribution >= 0.6 is 0 Å². The van der Waals surface area contributed by atoms with E-state index in [2.05, 4.69) is 88.1 Å². The van der Waals surface area contributed by atoms with E-state index in [-0.39, 0.29) is 5.41 Å². The fourth-order valence-corrected chi connectivity index (χ4v) is 4.48. The number of unbranched alkanes of at least 4 members (excludes halogenated alkanes) is 13. The summed E-state index contributed by atoms with van der Waals surface area (Å²) in [6.45, 7) is 9.03. The smallest absolute Gasteiger partial charge is 0.0249 e. The predicted octanol–water partition coefficient (Wildman–Crippen LogP) is 10.4. The highest BCUT2D eigenvalue weighted by Crippen LogP contribution is 2.22. The molecule has 34 heavy (non-hydrogen) atoms. The standard InChI is InChI=1S/C34H50/c1-5-6-7-8-9-10-11-12-13-14-15-16-17-18-19-30-20-22-31(23-21-30)24-25-32-26-28-33(29-27-32)34(2,3)4/h20-23,26-29H,5-19H2,1-4H3. The van der Waals surface area contributed by atoms with Crippen molar-refractivity contribution in [3.05, 3.63) is 70.8 Å². The van der Waals surface area contributed by atoms with E-state index >= 15 is 0 Å². The Bertz CT molecular complexity index is 821. The molecule has 0 saturated heterocycles. The van der Waals surface area contributed by atoms with Gasteiger partial charge in [-0.05, 0) is 53.6 Å². The van der Waals surface area contributed by atoms with Crippen molar-refractivity contribution in [3.63, 3.8) is 0 Å². The van der Waals surface area contributed by atoms with Crippen molar-refractivity contribution in [1.29, 1.82) is 0 Å². The van der Waals surface area contributed by atoms with E-state index in [4.69, 9.17) is 0 Å². The molecule has 0 unspecified atom stereocenters. The van der Waals surface area contributed by atoms with Crippen LogP contribution in [0.2, 0.25) is 0 Å². The number of hydrogen-bond acceptors (Lipinski definition) is 0. The molecule has 0 aliphatic heterocycles. The van der Waals surface area contributed by atoms with Crippen molar-refractivity contribution in [1.82, 2.24) is 0 Å². The third kappa shape index (κ3) is 12.5. The van der Waals surface area contributed by atoms with Crippen LogP contribution in [0.4, 0.5) is 0 Å². The molecule has 0 heteroatoms. The highest BCUT2D eigenvalue weighted by atomic mass is 14.2. The van der Waals surface area contributed by atoms with Gasteiger partial charge in [0.2, 0.25) is 0 Å². The van der Waals surface area contributed by atoms with Gasteiger partial charge in [-0.3, -0.25) is 0 Å².